The Morgan fingerprint density at radius 1 is 0.976 bits per heavy atom. The summed E-state index contributed by atoms with van der Waals surface area (Å²) in [5.41, 5.74) is 2.68. The zero-order valence-electron chi connectivity index (χ0n) is 24.2. The lowest BCUT2D eigenvalue weighted by molar-refractivity contribution is -0.139. The quantitative estimate of drug-likeness (QED) is 0.197. The van der Waals surface area contributed by atoms with E-state index in [0.717, 1.165) is 26.5 Å². The third-order valence-electron chi connectivity index (χ3n) is 8.19. The second kappa shape index (κ2) is 12.2. The third-order valence-corrected chi connectivity index (χ3v) is 13.8. The maximum Gasteiger partial charge on any atom is 0.334 e. The first-order valence-corrected chi connectivity index (χ1v) is 17.1. The van der Waals surface area contributed by atoms with Crippen molar-refractivity contribution in [1.82, 2.24) is 4.90 Å². The maximum absolute atomic E-state index is 13.7. The molecule has 3 aromatic rings. The third kappa shape index (κ3) is 5.71. The highest BCUT2D eigenvalue weighted by Crippen LogP contribution is 2.47. The highest BCUT2D eigenvalue weighted by Gasteiger charge is 2.51. The van der Waals surface area contributed by atoms with Gasteiger partial charge in [-0.3, -0.25) is 4.99 Å². The molecule has 0 fully saturated rings. The number of carbonyl (C=O) groups is 1. The van der Waals surface area contributed by atoms with Crippen molar-refractivity contribution in [2.45, 2.75) is 43.2 Å². The van der Waals surface area contributed by atoms with Crippen molar-refractivity contribution in [1.29, 1.82) is 0 Å². The summed E-state index contributed by atoms with van der Waals surface area (Å²) in [5.74, 6) is 0.241. The monoisotopic (exact) mass is 582 g/mol. The fourth-order valence-corrected chi connectivity index (χ4v) is 10.9. The van der Waals surface area contributed by atoms with E-state index in [1.165, 1.54) is 0 Å². The number of rotatable bonds is 10. The zero-order chi connectivity index (χ0) is 29.0. The van der Waals surface area contributed by atoms with Gasteiger partial charge in [0.05, 0.1) is 19.0 Å². The number of carbonyl (C=O) groups excluding carboxylic acids is 1. The number of likely N-dealkylation sites (N-methyl/N-ethyl adjacent to an activating group) is 1. The van der Waals surface area contributed by atoms with E-state index in [2.05, 4.69) is 37.0 Å². The molecule has 1 aliphatic heterocycles. The van der Waals surface area contributed by atoms with E-state index in [1.807, 2.05) is 99.2 Å². The lowest BCUT2D eigenvalue weighted by atomic mass is 9.80. The van der Waals surface area contributed by atoms with E-state index in [4.69, 9.17) is 9.73 Å². The molecule has 0 saturated heterocycles. The molecule has 5 nitrogen and oxygen atoms in total. The SMILES string of the molecule is CCOC(=O)C1=C(CC(C)(C)[Si](O)(c2ccccc2)c2ccccc2)C=C2C(N=CN2C)[C@@H]1CSc1ccccc1. The highest BCUT2D eigenvalue weighted by molar-refractivity contribution is 7.99. The standard InChI is InChI=1S/C34H38N2O3SSi/c1-5-39-33(37)31-25(21-30-32(35-24-36(30)4)29(31)23-40-26-15-9-6-10-16-26)22-34(2,3)41(38,27-17-11-7-12-18-27)28-19-13-8-14-20-28/h6-21,24,29,32,38H,5,22-23H2,1-4H3/t29-,32?/m1/s1. The molecule has 0 spiro atoms. The number of esters is 1. The first-order valence-electron chi connectivity index (χ1n) is 14.2. The lowest BCUT2D eigenvalue weighted by Gasteiger charge is -2.43. The molecular weight excluding hydrogens is 545 g/mol. The van der Waals surface area contributed by atoms with Crippen molar-refractivity contribution in [3.63, 3.8) is 0 Å². The summed E-state index contributed by atoms with van der Waals surface area (Å²) < 4.78 is 5.69. The number of hydrogen-bond donors (Lipinski definition) is 1. The largest absolute Gasteiger partial charge is 0.463 e. The van der Waals surface area contributed by atoms with Gasteiger partial charge >= 0.3 is 5.97 Å². The first-order chi connectivity index (χ1) is 19.8. The second-order valence-electron chi connectivity index (χ2n) is 11.3. The van der Waals surface area contributed by atoms with Gasteiger partial charge in [-0.15, -0.1) is 11.8 Å². The Bertz CT molecular complexity index is 1420. The molecule has 0 amide bonds. The van der Waals surface area contributed by atoms with Crippen molar-refractivity contribution >= 4 is 42.8 Å². The van der Waals surface area contributed by atoms with E-state index >= 15 is 0 Å². The average Bonchev–Trinajstić information content (AvgIpc) is 3.36. The molecule has 0 radical (unpaired) electrons. The van der Waals surface area contributed by atoms with E-state index < -0.39 is 13.4 Å². The number of hydrogen-bond acceptors (Lipinski definition) is 6. The predicted molar refractivity (Wildman–Crippen MR) is 171 cm³/mol. The Morgan fingerprint density at radius 3 is 2.10 bits per heavy atom. The molecule has 0 saturated carbocycles. The molecule has 3 aromatic carbocycles. The van der Waals surface area contributed by atoms with Gasteiger partial charge < -0.3 is 14.4 Å². The minimum absolute atomic E-state index is 0.151. The molecule has 1 unspecified atom stereocenters. The number of nitrogens with zero attached hydrogens (tertiary/aromatic N) is 2. The number of benzene rings is 3. The zero-order valence-corrected chi connectivity index (χ0v) is 26.0. The number of ether oxygens (including phenoxy) is 1. The normalized spacial score (nSPS) is 18.8. The van der Waals surface area contributed by atoms with Crippen LogP contribution in [0.2, 0.25) is 5.04 Å². The molecule has 1 N–H and O–H groups in total. The highest BCUT2D eigenvalue weighted by atomic mass is 32.2. The molecule has 1 aliphatic carbocycles. The fourth-order valence-electron chi connectivity index (χ4n) is 6.10. The van der Waals surface area contributed by atoms with Crippen LogP contribution >= 0.6 is 11.8 Å². The maximum atomic E-state index is 13.7. The predicted octanol–water partition coefficient (Wildman–Crippen LogP) is 5.42. The van der Waals surface area contributed by atoms with Gasteiger partial charge in [0.1, 0.15) is 0 Å². The van der Waals surface area contributed by atoms with E-state index in [-0.39, 0.29) is 17.9 Å². The van der Waals surface area contributed by atoms with Gasteiger partial charge in [0, 0.05) is 34.9 Å². The van der Waals surface area contributed by atoms with E-state index in [0.29, 0.717) is 24.4 Å². The summed E-state index contributed by atoms with van der Waals surface area (Å²) in [6.07, 6.45) is 4.50. The number of fused-ring (bicyclic) bond motifs is 1. The lowest BCUT2D eigenvalue weighted by Crippen LogP contribution is -2.65. The molecule has 7 heteroatoms. The Hall–Kier alpha value is -3.39. The molecule has 212 valence electrons. The summed E-state index contributed by atoms with van der Waals surface area (Å²) in [6.45, 7) is 6.43. The van der Waals surface area contributed by atoms with Crippen LogP contribution in [0.3, 0.4) is 0 Å². The van der Waals surface area contributed by atoms with E-state index in [1.54, 1.807) is 11.8 Å². The Balaban J connectivity index is 1.62. The number of allylic oxidation sites excluding steroid dienone is 2. The van der Waals surface area contributed by atoms with Crippen LogP contribution in [0.25, 0.3) is 0 Å². The van der Waals surface area contributed by atoms with Crippen LogP contribution < -0.4 is 10.4 Å². The molecular formula is C34H38N2O3SSi. The second-order valence-corrected chi connectivity index (χ2v) is 16.3. The van der Waals surface area contributed by atoms with Gasteiger partial charge in [0.15, 0.2) is 0 Å². The molecule has 0 bridgehead atoms. The molecule has 5 rings (SSSR count). The van der Waals surface area contributed by atoms with E-state index in [9.17, 15) is 9.59 Å². The summed E-state index contributed by atoms with van der Waals surface area (Å²) in [5, 5.41) is 1.34. The molecule has 41 heavy (non-hydrogen) atoms. The summed E-state index contributed by atoms with van der Waals surface area (Å²) >= 11 is 1.73. The molecule has 1 heterocycles. The Labute approximate surface area is 248 Å². The molecule has 0 aromatic heterocycles. The van der Waals surface area contributed by atoms with Crippen LogP contribution in [0.4, 0.5) is 0 Å². The number of thioether (sulfide) groups is 1. The minimum Gasteiger partial charge on any atom is -0.463 e. The van der Waals surface area contributed by atoms with Gasteiger partial charge in [-0.05, 0) is 52.5 Å². The van der Waals surface area contributed by atoms with Crippen LogP contribution in [0, 0.1) is 5.92 Å². The van der Waals surface area contributed by atoms with Crippen LogP contribution in [-0.2, 0) is 9.53 Å². The molecule has 2 aliphatic rings. The summed E-state index contributed by atoms with van der Waals surface area (Å²) in [7, 11) is -1.30. The van der Waals surface area contributed by atoms with Crippen LogP contribution in [0.5, 0.6) is 0 Å². The summed E-state index contributed by atoms with van der Waals surface area (Å²) in [6, 6.07) is 30.2. The van der Waals surface area contributed by atoms with Crippen molar-refractivity contribution < 1.29 is 14.3 Å². The molecule has 2 atom stereocenters. The first kappa shape index (κ1) is 29.1. The van der Waals surface area contributed by atoms with Crippen LogP contribution in [0.1, 0.15) is 27.2 Å². The van der Waals surface area contributed by atoms with Gasteiger partial charge in [-0.1, -0.05) is 92.7 Å². The van der Waals surface area contributed by atoms with Crippen molar-refractivity contribution in [3.8, 4) is 0 Å². The average molecular weight is 583 g/mol. The van der Waals surface area contributed by atoms with Crippen LogP contribution in [-0.4, -0.2) is 55.8 Å². The van der Waals surface area contributed by atoms with Gasteiger partial charge in [-0.25, -0.2) is 4.79 Å². The van der Waals surface area contributed by atoms with Crippen LogP contribution in [0.15, 0.2) is 124 Å². The van der Waals surface area contributed by atoms with Crippen molar-refractivity contribution in [2.75, 3.05) is 19.4 Å². The van der Waals surface area contributed by atoms with Gasteiger partial charge in [-0.2, -0.15) is 0 Å². The number of aliphatic imine (C=N–C) groups is 1. The minimum atomic E-state index is -3.31. The smallest absolute Gasteiger partial charge is 0.334 e. The van der Waals surface area contributed by atoms with Gasteiger partial charge in [0.2, 0.25) is 0 Å². The van der Waals surface area contributed by atoms with Crippen molar-refractivity contribution in [2.24, 2.45) is 10.9 Å². The Kier molecular flexibility index (Phi) is 8.68. The van der Waals surface area contributed by atoms with Gasteiger partial charge in [0.25, 0.3) is 8.32 Å². The fraction of sp³-hybridized carbons (Fsp3) is 0.294. The topological polar surface area (TPSA) is 62.1 Å². The Morgan fingerprint density at radius 2 is 1.54 bits per heavy atom. The van der Waals surface area contributed by atoms with Crippen molar-refractivity contribution in [3.05, 3.63) is 114 Å². The summed E-state index contributed by atoms with van der Waals surface area (Å²) in [4.78, 5) is 34.6.